The summed E-state index contributed by atoms with van der Waals surface area (Å²) < 4.78 is 25.2. The lowest BCUT2D eigenvalue weighted by Crippen LogP contribution is -2.10. The zero-order valence-corrected chi connectivity index (χ0v) is 16.0. The highest BCUT2D eigenvalue weighted by molar-refractivity contribution is 8.23. The molecule has 7 heteroatoms. The van der Waals surface area contributed by atoms with Crippen molar-refractivity contribution in [3.63, 3.8) is 0 Å². The number of thioether (sulfide) groups is 2. The first-order valence-electron chi connectivity index (χ1n) is 7.74. The van der Waals surface area contributed by atoms with Gasteiger partial charge in [0.2, 0.25) is 0 Å². The van der Waals surface area contributed by atoms with E-state index in [2.05, 4.69) is 0 Å². The van der Waals surface area contributed by atoms with Crippen molar-refractivity contribution in [3.05, 3.63) is 45.4 Å². The molecule has 1 atom stereocenters. The van der Waals surface area contributed by atoms with Crippen molar-refractivity contribution in [2.45, 2.75) is 26.4 Å². The van der Waals surface area contributed by atoms with Crippen molar-refractivity contribution in [1.29, 1.82) is 0 Å². The number of rotatable bonds is 7. The number of hydrogen-bond acceptors (Lipinski definition) is 6. The second-order valence-electron chi connectivity index (χ2n) is 4.87. The van der Waals surface area contributed by atoms with Crippen molar-refractivity contribution in [1.82, 2.24) is 0 Å². The molecule has 23 heavy (non-hydrogen) atoms. The van der Waals surface area contributed by atoms with E-state index in [0.29, 0.717) is 10.9 Å². The van der Waals surface area contributed by atoms with Gasteiger partial charge in [0.1, 0.15) is 6.10 Å². The second-order valence-corrected chi connectivity index (χ2v) is 9.33. The third-order valence-corrected chi connectivity index (χ3v) is 8.45. The highest BCUT2D eigenvalue weighted by Crippen LogP contribution is 2.64. The van der Waals surface area contributed by atoms with Crippen molar-refractivity contribution in [2.24, 2.45) is 0 Å². The van der Waals surface area contributed by atoms with Crippen LogP contribution in [0.25, 0.3) is 0 Å². The Morgan fingerprint density at radius 2 is 1.74 bits per heavy atom. The molecule has 0 radical (unpaired) electrons. The minimum Gasteiger partial charge on any atom is -0.383 e. The number of aliphatic hydroxyl groups excluding tert-OH is 1. The van der Waals surface area contributed by atoms with Crippen molar-refractivity contribution in [3.8, 4) is 0 Å². The Morgan fingerprint density at radius 1 is 1.17 bits per heavy atom. The molecule has 0 spiro atoms. The van der Waals surface area contributed by atoms with Crippen molar-refractivity contribution in [2.75, 3.05) is 24.7 Å². The summed E-state index contributed by atoms with van der Waals surface area (Å²) in [6.45, 7) is 4.10. The molecule has 1 aliphatic heterocycles. The largest absolute Gasteiger partial charge is 0.383 e. The Labute approximate surface area is 146 Å². The van der Waals surface area contributed by atoms with E-state index in [1.54, 1.807) is 37.4 Å². The number of benzene rings is 1. The van der Waals surface area contributed by atoms with Crippen LogP contribution in [0.5, 0.6) is 0 Å². The monoisotopic (exact) mass is 374 g/mol. The van der Waals surface area contributed by atoms with Crippen LogP contribution < -0.4 is 0 Å². The fourth-order valence-corrected chi connectivity index (χ4v) is 7.51. The normalized spacial score (nSPS) is 17.1. The molecule has 1 saturated heterocycles. The van der Waals surface area contributed by atoms with Gasteiger partial charge in [0.15, 0.2) is 0 Å². The zero-order chi connectivity index (χ0) is 16.7. The van der Waals surface area contributed by atoms with E-state index < -0.39 is 13.7 Å². The van der Waals surface area contributed by atoms with E-state index >= 15 is 0 Å². The van der Waals surface area contributed by atoms with E-state index in [-0.39, 0.29) is 13.2 Å². The smallest absolute Gasteiger partial charge is 0.361 e. The molecule has 2 rings (SSSR count). The van der Waals surface area contributed by atoms with Crippen LogP contribution in [0.3, 0.4) is 0 Å². The highest BCUT2D eigenvalue weighted by Gasteiger charge is 2.38. The van der Waals surface area contributed by atoms with Crippen LogP contribution in [0.15, 0.2) is 39.9 Å². The summed E-state index contributed by atoms with van der Waals surface area (Å²) in [6, 6.07) is 9.25. The number of aliphatic hydroxyl groups is 1. The first-order valence-corrected chi connectivity index (χ1v) is 11.3. The van der Waals surface area contributed by atoms with Crippen LogP contribution in [0.4, 0.5) is 0 Å². The van der Waals surface area contributed by atoms with Gasteiger partial charge in [0.25, 0.3) is 0 Å². The lowest BCUT2D eigenvalue weighted by Gasteiger charge is -2.27. The van der Waals surface area contributed by atoms with Crippen LogP contribution >= 0.6 is 31.1 Å². The Bertz CT molecular complexity index is 559. The Hall–Kier alpha value is -0.230. The summed E-state index contributed by atoms with van der Waals surface area (Å²) >= 11 is 3.25. The molecule has 1 aliphatic rings. The Balaban J connectivity index is 2.49. The molecule has 1 N–H and O–H groups in total. The lowest BCUT2D eigenvalue weighted by atomic mass is 10.1. The van der Waals surface area contributed by atoms with Crippen molar-refractivity contribution >= 4 is 31.1 Å². The van der Waals surface area contributed by atoms with Crippen molar-refractivity contribution < 1.29 is 18.7 Å². The predicted molar refractivity (Wildman–Crippen MR) is 98.8 cm³/mol. The molecule has 1 aromatic carbocycles. The molecule has 0 aliphatic carbocycles. The van der Waals surface area contributed by atoms with Gasteiger partial charge in [-0.15, -0.1) is 23.5 Å². The van der Waals surface area contributed by atoms with E-state index in [4.69, 9.17) is 9.05 Å². The molecule has 4 nitrogen and oxygen atoms in total. The lowest BCUT2D eigenvalue weighted by molar-refractivity contribution is 0.192. The molecule has 0 bridgehead atoms. The zero-order valence-electron chi connectivity index (χ0n) is 13.4. The van der Waals surface area contributed by atoms with Gasteiger partial charge in [0, 0.05) is 0 Å². The first kappa shape index (κ1) is 19.1. The topological polar surface area (TPSA) is 55.8 Å². The molecular formula is C16H23O4PS2. The van der Waals surface area contributed by atoms with E-state index in [0.717, 1.165) is 22.2 Å². The quantitative estimate of drug-likeness (QED) is 0.676. The van der Waals surface area contributed by atoms with Gasteiger partial charge in [-0.05, 0) is 37.3 Å². The average molecular weight is 374 g/mol. The van der Waals surface area contributed by atoms with E-state index in [1.165, 1.54) is 0 Å². The molecule has 0 saturated carbocycles. The molecule has 1 unspecified atom stereocenters. The maximum atomic E-state index is 13.3. The van der Waals surface area contributed by atoms with Gasteiger partial charge >= 0.3 is 7.60 Å². The molecule has 1 aromatic rings. The molecule has 0 aromatic heterocycles. The molecule has 0 amide bonds. The summed E-state index contributed by atoms with van der Waals surface area (Å²) in [6.07, 6.45) is 0.106. The van der Waals surface area contributed by atoms with Gasteiger partial charge in [-0.3, -0.25) is 4.57 Å². The van der Waals surface area contributed by atoms with Gasteiger partial charge in [-0.1, -0.05) is 30.3 Å². The summed E-state index contributed by atoms with van der Waals surface area (Å²) in [7, 11) is -3.53. The SMILES string of the molecule is CCOP(=O)(OCC)C(=C1SCCCS1)C(O)c1ccccc1. The van der Waals surface area contributed by atoms with Crippen LogP contribution in [-0.4, -0.2) is 29.8 Å². The predicted octanol–water partition coefficient (Wildman–Crippen LogP) is 5.03. The van der Waals surface area contributed by atoms with Gasteiger partial charge < -0.3 is 14.2 Å². The fraction of sp³-hybridized carbons (Fsp3) is 0.500. The molecular weight excluding hydrogens is 351 g/mol. The summed E-state index contributed by atoms with van der Waals surface area (Å²) in [4.78, 5) is 0. The van der Waals surface area contributed by atoms with Gasteiger partial charge in [0.05, 0.1) is 22.8 Å². The summed E-state index contributed by atoms with van der Waals surface area (Å²) in [5, 5.41) is 11.3. The highest BCUT2D eigenvalue weighted by atomic mass is 32.2. The third-order valence-electron chi connectivity index (χ3n) is 3.23. The first-order chi connectivity index (χ1) is 11.1. The maximum absolute atomic E-state index is 13.3. The van der Waals surface area contributed by atoms with E-state index in [9.17, 15) is 9.67 Å². The molecule has 128 valence electrons. The minimum absolute atomic E-state index is 0.269. The number of hydrogen-bond donors (Lipinski definition) is 1. The Kier molecular flexibility index (Phi) is 7.73. The minimum atomic E-state index is -3.53. The maximum Gasteiger partial charge on any atom is 0.361 e. The Morgan fingerprint density at radius 3 is 2.26 bits per heavy atom. The summed E-state index contributed by atoms with van der Waals surface area (Å²) in [5.41, 5.74) is 0.696. The third kappa shape index (κ3) is 4.88. The second kappa shape index (κ2) is 9.30. The molecule has 1 fully saturated rings. The van der Waals surface area contributed by atoms with Crippen LogP contribution in [0, 0.1) is 0 Å². The van der Waals surface area contributed by atoms with Crippen LogP contribution in [0.1, 0.15) is 31.9 Å². The van der Waals surface area contributed by atoms with Crippen LogP contribution in [0.2, 0.25) is 0 Å². The fourth-order valence-electron chi connectivity index (χ4n) is 2.26. The average Bonchev–Trinajstić information content (AvgIpc) is 2.57. The molecule has 1 heterocycles. The van der Waals surface area contributed by atoms with Crippen LogP contribution in [-0.2, 0) is 13.6 Å². The van der Waals surface area contributed by atoms with E-state index in [1.807, 2.05) is 30.3 Å². The van der Waals surface area contributed by atoms with Gasteiger partial charge in [-0.2, -0.15) is 0 Å². The summed E-state index contributed by atoms with van der Waals surface area (Å²) in [5.74, 6) is 1.90. The van der Waals surface area contributed by atoms with Gasteiger partial charge in [-0.25, -0.2) is 0 Å². The standard InChI is InChI=1S/C16H23O4PS2/c1-3-19-21(18,20-4-2)15(16-22-11-8-12-23-16)14(17)13-9-6-5-7-10-13/h5-7,9-10,14,17H,3-4,8,11-12H2,1-2H3.